The molecular formula is C20H20ClN3O3S2. The maximum atomic E-state index is 12.7. The van der Waals surface area contributed by atoms with E-state index >= 15 is 0 Å². The summed E-state index contributed by atoms with van der Waals surface area (Å²) in [4.78, 5) is 28.9. The quantitative estimate of drug-likeness (QED) is 0.515. The number of hydrogen-bond acceptors (Lipinski definition) is 6. The van der Waals surface area contributed by atoms with Crippen LogP contribution in [0.1, 0.15) is 17.4 Å². The molecular weight excluding hydrogens is 430 g/mol. The molecule has 2 heterocycles. The number of amides is 2. The second kappa shape index (κ2) is 9.58. The van der Waals surface area contributed by atoms with Crippen LogP contribution in [-0.4, -0.2) is 53.1 Å². The molecule has 0 aliphatic carbocycles. The van der Waals surface area contributed by atoms with Crippen LogP contribution >= 0.6 is 35.6 Å². The number of rotatable bonds is 7. The van der Waals surface area contributed by atoms with Crippen LogP contribution in [0.2, 0.25) is 5.02 Å². The number of benzene rings is 1. The van der Waals surface area contributed by atoms with Gasteiger partial charge in [-0.15, -0.1) is 0 Å². The summed E-state index contributed by atoms with van der Waals surface area (Å²) < 4.78 is 5.80. The number of halogens is 1. The van der Waals surface area contributed by atoms with E-state index in [0.717, 1.165) is 11.3 Å². The Bertz CT molecular complexity index is 927. The third-order valence-corrected chi connectivity index (χ3v) is 5.96. The number of likely N-dealkylation sites (N-methyl/N-ethyl adjacent to an activating group) is 1. The van der Waals surface area contributed by atoms with E-state index in [1.165, 1.54) is 16.7 Å². The molecule has 152 valence electrons. The zero-order chi connectivity index (χ0) is 21.0. The smallest absolute Gasteiger partial charge is 0.266 e. The number of nitrogens with one attached hydrogen (secondary N) is 1. The minimum absolute atomic E-state index is 0.107. The molecule has 1 aliphatic heterocycles. The maximum Gasteiger partial charge on any atom is 0.266 e. The van der Waals surface area contributed by atoms with Crippen molar-refractivity contribution in [3.63, 3.8) is 0 Å². The Kier molecular flexibility index (Phi) is 7.13. The van der Waals surface area contributed by atoms with E-state index in [4.69, 9.17) is 28.2 Å². The van der Waals surface area contributed by atoms with Crippen LogP contribution < -0.4 is 5.32 Å². The first-order chi connectivity index (χ1) is 13.8. The molecule has 1 atom stereocenters. The molecule has 3 rings (SSSR count). The topological polar surface area (TPSA) is 65.8 Å². The van der Waals surface area contributed by atoms with Gasteiger partial charge in [-0.05, 0) is 50.0 Å². The van der Waals surface area contributed by atoms with Crippen LogP contribution in [0.3, 0.4) is 0 Å². The fourth-order valence-corrected chi connectivity index (χ4v) is 4.16. The molecule has 0 radical (unpaired) electrons. The SMILES string of the molecule is CN(C)C(CNC(=O)CN1C(=O)/C(=C/c2ccc(Cl)cc2)SC1=S)c1ccco1. The Balaban J connectivity index is 1.60. The van der Waals surface area contributed by atoms with Crippen molar-refractivity contribution < 1.29 is 14.0 Å². The van der Waals surface area contributed by atoms with Crippen molar-refractivity contribution in [2.45, 2.75) is 6.04 Å². The zero-order valence-corrected chi connectivity index (χ0v) is 18.3. The van der Waals surface area contributed by atoms with Gasteiger partial charge in [-0.3, -0.25) is 19.4 Å². The van der Waals surface area contributed by atoms with Gasteiger partial charge in [0.1, 0.15) is 16.6 Å². The van der Waals surface area contributed by atoms with E-state index < -0.39 is 0 Å². The molecule has 1 unspecified atom stereocenters. The Labute approximate surface area is 183 Å². The normalized spacial score (nSPS) is 16.7. The lowest BCUT2D eigenvalue weighted by molar-refractivity contribution is -0.128. The van der Waals surface area contributed by atoms with E-state index in [9.17, 15) is 9.59 Å². The minimum atomic E-state index is -0.285. The molecule has 2 amide bonds. The summed E-state index contributed by atoms with van der Waals surface area (Å²) in [7, 11) is 3.81. The first-order valence-corrected chi connectivity index (χ1v) is 10.4. The molecule has 2 aromatic rings. The molecule has 1 fully saturated rings. The predicted octanol–water partition coefficient (Wildman–Crippen LogP) is 3.55. The second-order valence-corrected chi connectivity index (χ2v) is 8.73. The van der Waals surface area contributed by atoms with E-state index in [-0.39, 0.29) is 24.4 Å². The first-order valence-electron chi connectivity index (χ1n) is 8.82. The summed E-state index contributed by atoms with van der Waals surface area (Å²) in [5, 5.41) is 3.48. The van der Waals surface area contributed by atoms with Crippen molar-refractivity contribution in [3.05, 3.63) is 63.9 Å². The average Bonchev–Trinajstić information content (AvgIpc) is 3.28. The summed E-state index contributed by atoms with van der Waals surface area (Å²) >= 11 is 12.4. The van der Waals surface area contributed by atoms with Gasteiger partial charge in [-0.1, -0.05) is 47.7 Å². The summed E-state index contributed by atoms with van der Waals surface area (Å²) in [5.41, 5.74) is 0.839. The Morgan fingerprint density at radius 2 is 2.07 bits per heavy atom. The molecule has 1 aliphatic rings. The van der Waals surface area contributed by atoms with Crippen LogP contribution in [0, 0.1) is 0 Å². The lowest BCUT2D eigenvalue weighted by Gasteiger charge is -2.23. The zero-order valence-electron chi connectivity index (χ0n) is 15.9. The van der Waals surface area contributed by atoms with Gasteiger partial charge < -0.3 is 9.73 Å². The van der Waals surface area contributed by atoms with Crippen LogP contribution in [-0.2, 0) is 9.59 Å². The Hall–Kier alpha value is -2.13. The highest BCUT2D eigenvalue weighted by molar-refractivity contribution is 8.26. The molecule has 6 nitrogen and oxygen atoms in total. The minimum Gasteiger partial charge on any atom is -0.468 e. The molecule has 1 saturated heterocycles. The van der Waals surface area contributed by atoms with E-state index in [2.05, 4.69) is 5.32 Å². The van der Waals surface area contributed by atoms with Crippen LogP contribution in [0.5, 0.6) is 0 Å². The van der Waals surface area contributed by atoms with Crippen LogP contribution in [0.15, 0.2) is 52.0 Å². The standard InChI is InChI=1S/C20H20ClN3O3S2/c1-23(2)15(16-4-3-9-27-16)11-22-18(25)12-24-19(26)17(29-20(24)28)10-13-5-7-14(21)8-6-13/h3-10,15H,11-12H2,1-2H3,(H,22,25)/b17-10-. The van der Waals surface area contributed by atoms with E-state index in [0.29, 0.717) is 20.8 Å². The number of furan rings is 1. The molecule has 0 bridgehead atoms. The average molecular weight is 450 g/mol. The molecule has 1 aromatic carbocycles. The monoisotopic (exact) mass is 449 g/mol. The third kappa shape index (κ3) is 5.48. The van der Waals surface area contributed by atoms with Crippen LogP contribution in [0.4, 0.5) is 0 Å². The number of hydrogen-bond donors (Lipinski definition) is 1. The molecule has 1 N–H and O–H groups in total. The summed E-state index contributed by atoms with van der Waals surface area (Å²) in [5.74, 6) is 0.194. The van der Waals surface area contributed by atoms with Gasteiger partial charge in [0.2, 0.25) is 5.91 Å². The molecule has 1 aromatic heterocycles. The Morgan fingerprint density at radius 3 is 2.69 bits per heavy atom. The number of nitrogens with zero attached hydrogens (tertiary/aromatic N) is 2. The molecule has 0 saturated carbocycles. The lowest BCUT2D eigenvalue weighted by Crippen LogP contribution is -2.42. The number of thiocarbonyl (C=S) groups is 1. The highest BCUT2D eigenvalue weighted by Crippen LogP contribution is 2.32. The first kappa shape index (κ1) is 21.6. The predicted molar refractivity (Wildman–Crippen MR) is 119 cm³/mol. The van der Waals surface area contributed by atoms with Gasteiger partial charge >= 0.3 is 0 Å². The molecule has 9 heteroatoms. The largest absolute Gasteiger partial charge is 0.468 e. The highest BCUT2D eigenvalue weighted by Gasteiger charge is 2.33. The third-order valence-electron chi connectivity index (χ3n) is 4.33. The lowest BCUT2D eigenvalue weighted by atomic mass is 10.2. The summed E-state index contributed by atoms with van der Waals surface area (Å²) in [6, 6.07) is 10.7. The maximum absolute atomic E-state index is 12.7. The fraction of sp³-hybridized carbons (Fsp3) is 0.250. The van der Waals surface area contributed by atoms with Crippen molar-refractivity contribution in [2.75, 3.05) is 27.2 Å². The van der Waals surface area contributed by atoms with Crippen LogP contribution in [0.25, 0.3) is 6.08 Å². The van der Waals surface area contributed by atoms with Crippen molar-refractivity contribution in [3.8, 4) is 0 Å². The van der Waals surface area contributed by atoms with Gasteiger partial charge in [0, 0.05) is 11.6 Å². The van der Waals surface area contributed by atoms with Crippen molar-refractivity contribution in [2.24, 2.45) is 0 Å². The molecule has 29 heavy (non-hydrogen) atoms. The van der Waals surface area contributed by atoms with Crippen molar-refractivity contribution >= 4 is 57.8 Å². The van der Waals surface area contributed by atoms with Gasteiger partial charge in [0.05, 0.1) is 17.2 Å². The second-order valence-electron chi connectivity index (χ2n) is 6.62. The van der Waals surface area contributed by atoms with E-state index in [1.807, 2.05) is 37.2 Å². The van der Waals surface area contributed by atoms with Crippen molar-refractivity contribution in [1.29, 1.82) is 0 Å². The molecule has 0 spiro atoms. The van der Waals surface area contributed by atoms with Gasteiger partial charge in [0.15, 0.2) is 0 Å². The summed E-state index contributed by atoms with van der Waals surface area (Å²) in [6.07, 6.45) is 3.34. The Morgan fingerprint density at radius 1 is 1.34 bits per heavy atom. The number of carbonyl (C=O) groups excluding carboxylic acids is 2. The van der Waals surface area contributed by atoms with Gasteiger partial charge in [-0.2, -0.15) is 0 Å². The van der Waals surface area contributed by atoms with Gasteiger partial charge in [0.25, 0.3) is 5.91 Å². The fourth-order valence-electron chi connectivity index (χ4n) is 2.78. The summed E-state index contributed by atoms with van der Waals surface area (Å²) in [6.45, 7) is 0.232. The highest BCUT2D eigenvalue weighted by atomic mass is 35.5. The van der Waals surface area contributed by atoms with Gasteiger partial charge in [-0.25, -0.2) is 0 Å². The number of carbonyl (C=O) groups is 2. The van der Waals surface area contributed by atoms with E-state index in [1.54, 1.807) is 30.5 Å². The van der Waals surface area contributed by atoms with Crippen molar-refractivity contribution in [1.82, 2.24) is 15.1 Å². The number of thioether (sulfide) groups is 1.